The summed E-state index contributed by atoms with van der Waals surface area (Å²) >= 11 is 0. The highest BCUT2D eigenvalue weighted by atomic mass is 16.5. The zero-order chi connectivity index (χ0) is 19.7. The molecular formula is C21H30N4O3. The number of pyridine rings is 1. The highest BCUT2D eigenvalue weighted by molar-refractivity contribution is 5.98. The molecule has 3 aliphatic rings. The summed E-state index contributed by atoms with van der Waals surface area (Å²) in [5.74, 6) is 0.609. The Labute approximate surface area is 166 Å². The van der Waals surface area contributed by atoms with Crippen LogP contribution in [0.4, 0.5) is 0 Å². The molecule has 7 heteroatoms. The number of nitrogens with one attached hydrogen (secondary N) is 1. The number of aromatic nitrogens is 1. The molecule has 2 fully saturated rings. The molecule has 1 aromatic heterocycles. The van der Waals surface area contributed by atoms with Gasteiger partial charge in [-0.1, -0.05) is 19.8 Å². The van der Waals surface area contributed by atoms with Crippen molar-refractivity contribution in [1.29, 1.82) is 0 Å². The minimum atomic E-state index is -0.0575. The molecule has 0 bridgehead atoms. The van der Waals surface area contributed by atoms with Gasteiger partial charge in [-0.2, -0.15) is 0 Å². The zero-order valence-corrected chi connectivity index (χ0v) is 16.9. The largest absolute Gasteiger partial charge is 0.481 e. The second-order valence-electron chi connectivity index (χ2n) is 8.03. The van der Waals surface area contributed by atoms with Gasteiger partial charge >= 0.3 is 0 Å². The Morgan fingerprint density at radius 3 is 2.79 bits per heavy atom. The first-order valence-corrected chi connectivity index (χ1v) is 10.5. The predicted octanol–water partition coefficient (Wildman–Crippen LogP) is 2.09. The molecule has 2 amide bonds. The van der Waals surface area contributed by atoms with Crippen LogP contribution in [0.15, 0.2) is 6.07 Å². The number of hydrogen-bond donors (Lipinski definition) is 1. The molecule has 2 aliphatic heterocycles. The number of methoxy groups -OCH3 is 1. The predicted molar refractivity (Wildman–Crippen MR) is 105 cm³/mol. The Balaban J connectivity index is 1.48. The fourth-order valence-electron chi connectivity index (χ4n) is 4.88. The van der Waals surface area contributed by atoms with E-state index in [0.717, 1.165) is 50.0 Å². The number of likely N-dealkylation sites (N-methyl/N-ethyl adjacent to an activating group) is 1. The van der Waals surface area contributed by atoms with E-state index >= 15 is 0 Å². The van der Waals surface area contributed by atoms with Crippen molar-refractivity contribution in [3.05, 3.63) is 22.9 Å². The first-order chi connectivity index (χ1) is 13.6. The van der Waals surface area contributed by atoms with E-state index in [4.69, 9.17) is 4.74 Å². The van der Waals surface area contributed by atoms with Gasteiger partial charge in [0.2, 0.25) is 11.8 Å². The van der Waals surface area contributed by atoms with E-state index < -0.39 is 0 Å². The van der Waals surface area contributed by atoms with Crippen LogP contribution in [0.2, 0.25) is 0 Å². The Bertz CT molecular complexity index is 760. The lowest BCUT2D eigenvalue weighted by atomic mass is 10.1. The average Bonchev–Trinajstić information content (AvgIpc) is 3.45. The first kappa shape index (κ1) is 19.2. The van der Waals surface area contributed by atoms with Crippen molar-refractivity contribution in [2.75, 3.05) is 20.2 Å². The molecule has 7 nitrogen and oxygen atoms in total. The number of nitrogens with zero attached hydrogens (tertiary/aromatic N) is 3. The summed E-state index contributed by atoms with van der Waals surface area (Å²) < 4.78 is 5.46. The van der Waals surface area contributed by atoms with Crippen LogP contribution in [0.5, 0.6) is 5.88 Å². The molecule has 3 heterocycles. The third kappa shape index (κ3) is 3.48. The van der Waals surface area contributed by atoms with E-state index in [1.807, 2.05) is 11.0 Å². The maximum Gasteiger partial charge on any atom is 0.256 e. The molecule has 152 valence electrons. The van der Waals surface area contributed by atoms with Crippen LogP contribution >= 0.6 is 0 Å². The first-order valence-electron chi connectivity index (χ1n) is 10.5. The fourth-order valence-corrected chi connectivity index (χ4v) is 4.88. The number of carbonyl (C=O) groups excluding carboxylic acids is 2. The highest BCUT2D eigenvalue weighted by Crippen LogP contribution is 2.33. The number of carbonyl (C=O) groups is 2. The quantitative estimate of drug-likeness (QED) is 0.810. The summed E-state index contributed by atoms with van der Waals surface area (Å²) in [6.07, 6.45) is 6.49. The van der Waals surface area contributed by atoms with Crippen molar-refractivity contribution in [3.63, 3.8) is 0 Å². The fraction of sp³-hybridized carbons (Fsp3) is 0.667. The highest BCUT2D eigenvalue weighted by Gasteiger charge is 2.36. The summed E-state index contributed by atoms with van der Waals surface area (Å²) in [5.41, 5.74) is 2.21. The molecule has 28 heavy (non-hydrogen) atoms. The van der Waals surface area contributed by atoms with E-state index in [0.29, 0.717) is 30.6 Å². The third-order valence-corrected chi connectivity index (χ3v) is 6.44. The maximum atomic E-state index is 12.9. The molecule has 1 saturated carbocycles. The molecule has 1 unspecified atom stereocenters. The standard InChI is InChI=1S/C21H30N4O3/c1-3-24-10-6-9-18(24)19(26)22-12-14-11-16-17(23-20(14)28-2)13-25(21(16)27)15-7-4-5-8-15/h11,15,18H,3-10,12-13H2,1-2H3,(H,22,26). The topological polar surface area (TPSA) is 74.8 Å². The van der Waals surface area contributed by atoms with Crippen LogP contribution in [0.3, 0.4) is 0 Å². The number of likely N-dealkylation sites (tertiary alicyclic amines) is 1. The van der Waals surface area contributed by atoms with Crippen LogP contribution in [-0.4, -0.2) is 58.9 Å². The normalized spacial score (nSPS) is 22.7. The van der Waals surface area contributed by atoms with Gasteiger partial charge in [-0.3, -0.25) is 14.5 Å². The number of hydrogen-bond acceptors (Lipinski definition) is 5. The van der Waals surface area contributed by atoms with Gasteiger partial charge in [0.05, 0.1) is 31.0 Å². The van der Waals surface area contributed by atoms with Gasteiger partial charge < -0.3 is 15.0 Å². The summed E-state index contributed by atoms with van der Waals surface area (Å²) in [6.45, 7) is 4.83. The van der Waals surface area contributed by atoms with Gasteiger partial charge in [-0.25, -0.2) is 4.98 Å². The van der Waals surface area contributed by atoms with E-state index in [9.17, 15) is 9.59 Å². The van der Waals surface area contributed by atoms with Crippen LogP contribution < -0.4 is 10.1 Å². The zero-order valence-electron chi connectivity index (χ0n) is 16.9. The molecule has 0 aromatic carbocycles. The Kier molecular flexibility index (Phi) is 5.53. The minimum Gasteiger partial charge on any atom is -0.481 e. The van der Waals surface area contributed by atoms with Crippen LogP contribution in [0.25, 0.3) is 0 Å². The van der Waals surface area contributed by atoms with Gasteiger partial charge in [-0.05, 0) is 44.8 Å². The molecule has 1 atom stereocenters. The smallest absolute Gasteiger partial charge is 0.256 e. The molecule has 1 aliphatic carbocycles. The molecule has 1 saturated heterocycles. The average molecular weight is 386 g/mol. The summed E-state index contributed by atoms with van der Waals surface area (Å²) in [4.78, 5) is 34.3. The van der Waals surface area contributed by atoms with Gasteiger partial charge in [-0.15, -0.1) is 0 Å². The summed E-state index contributed by atoms with van der Waals surface area (Å²) in [6, 6.07) is 2.14. The monoisotopic (exact) mass is 386 g/mol. The minimum absolute atomic E-state index is 0.0424. The molecular weight excluding hydrogens is 356 g/mol. The van der Waals surface area contributed by atoms with E-state index in [1.54, 1.807) is 7.11 Å². The molecule has 1 aromatic rings. The van der Waals surface area contributed by atoms with E-state index in [-0.39, 0.29) is 17.9 Å². The number of amides is 2. The molecule has 0 radical (unpaired) electrons. The Hall–Kier alpha value is -2.15. The summed E-state index contributed by atoms with van der Waals surface area (Å²) in [7, 11) is 1.58. The lowest BCUT2D eigenvalue weighted by Crippen LogP contribution is -2.42. The number of fused-ring (bicyclic) bond motifs is 1. The van der Waals surface area contributed by atoms with Crippen LogP contribution in [-0.2, 0) is 17.9 Å². The van der Waals surface area contributed by atoms with E-state index in [1.165, 1.54) is 12.8 Å². The molecule has 4 rings (SSSR count). The van der Waals surface area contributed by atoms with Crippen molar-refractivity contribution in [1.82, 2.24) is 20.1 Å². The summed E-state index contributed by atoms with van der Waals surface area (Å²) in [5, 5.41) is 3.03. The second kappa shape index (κ2) is 8.07. The van der Waals surface area contributed by atoms with Crippen molar-refractivity contribution >= 4 is 11.8 Å². The molecule has 0 spiro atoms. The van der Waals surface area contributed by atoms with Crippen LogP contribution in [0.1, 0.15) is 67.1 Å². The maximum absolute atomic E-state index is 12.9. The van der Waals surface area contributed by atoms with Gasteiger partial charge in [0, 0.05) is 18.2 Å². The van der Waals surface area contributed by atoms with Crippen molar-refractivity contribution < 1.29 is 14.3 Å². The number of ether oxygens (including phenoxy) is 1. The Morgan fingerprint density at radius 1 is 1.29 bits per heavy atom. The van der Waals surface area contributed by atoms with Crippen molar-refractivity contribution in [2.45, 2.75) is 70.6 Å². The number of rotatable bonds is 6. The van der Waals surface area contributed by atoms with Crippen LogP contribution in [0, 0.1) is 0 Å². The molecule has 1 N–H and O–H groups in total. The third-order valence-electron chi connectivity index (χ3n) is 6.44. The van der Waals surface area contributed by atoms with Gasteiger partial charge in [0.1, 0.15) is 0 Å². The Morgan fingerprint density at radius 2 is 2.07 bits per heavy atom. The lowest BCUT2D eigenvalue weighted by molar-refractivity contribution is -0.125. The van der Waals surface area contributed by atoms with Crippen molar-refractivity contribution in [3.8, 4) is 5.88 Å². The second-order valence-corrected chi connectivity index (χ2v) is 8.03. The van der Waals surface area contributed by atoms with E-state index in [2.05, 4.69) is 22.1 Å². The lowest BCUT2D eigenvalue weighted by Gasteiger charge is -2.22. The van der Waals surface area contributed by atoms with Gasteiger partial charge in [0.15, 0.2) is 0 Å². The van der Waals surface area contributed by atoms with Crippen molar-refractivity contribution in [2.24, 2.45) is 0 Å². The SMILES string of the molecule is CCN1CCCC1C(=O)NCc1cc2c(nc1OC)CN(C1CCCC1)C2=O. The van der Waals surface area contributed by atoms with Gasteiger partial charge in [0.25, 0.3) is 5.91 Å².